The molecular weight excluding hydrogens is 293 g/mol. The minimum Gasteiger partial charge on any atom is -0.382 e. The van der Waals surface area contributed by atoms with E-state index in [2.05, 4.69) is 31.1 Å². The SMILES string of the molecule is Nc1nnc(-c2cccc(Br)c2Cl)c(N)n1. The summed E-state index contributed by atoms with van der Waals surface area (Å²) in [5.41, 5.74) is 12.1. The molecule has 2 aromatic rings. The van der Waals surface area contributed by atoms with Crippen molar-refractivity contribution < 1.29 is 0 Å². The molecule has 0 aliphatic heterocycles. The zero-order valence-electron chi connectivity index (χ0n) is 7.98. The fraction of sp³-hybridized carbons (Fsp3) is 0. The van der Waals surface area contributed by atoms with E-state index in [0.29, 0.717) is 16.3 Å². The molecule has 5 nitrogen and oxygen atoms in total. The Hall–Kier alpha value is -1.40. The maximum Gasteiger partial charge on any atom is 0.242 e. The van der Waals surface area contributed by atoms with Crippen molar-refractivity contribution in [1.82, 2.24) is 15.2 Å². The third kappa shape index (κ3) is 1.94. The van der Waals surface area contributed by atoms with Crippen molar-refractivity contribution in [3.63, 3.8) is 0 Å². The van der Waals surface area contributed by atoms with E-state index in [-0.39, 0.29) is 11.8 Å². The van der Waals surface area contributed by atoms with Gasteiger partial charge in [-0.25, -0.2) is 0 Å². The first-order valence-electron chi connectivity index (χ1n) is 4.29. The van der Waals surface area contributed by atoms with Gasteiger partial charge in [-0.1, -0.05) is 23.7 Å². The number of nitrogen functional groups attached to an aromatic ring is 2. The number of rotatable bonds is 1. The molecule has 16 heavy (non-hydrogen) atoms. The van der Waals surface area contributed by atoms with Gasteiger partial charge in [-0.2, -0.15) is 4.98 Å². The van der Waals surface area contributed by atoms with Crippen molar-refractivity contribution >= 4 is 39.3 Å². The number of hydrogen-bond donors (Lipinski definition) is 2. The average molecular weight is 301 g/mol. The van der Waals surface area contributed by atoms with Gasteiger partial charge in [-0.3, -0.25) is 0 Å². The van der Waals surface area contributed by atoms with E-state index in [4.69, 9.17) is 23.1 Å². The van der Waals surface area contributed by atoms with Crippen LogP contribution in [0.15, 0.2) is 22.7 Å². The first-order chi connectivity index (χ1) is 7.59. The van der Waals surface area contributed by atoms with E-state index in [1.54, 1.807) is 6.07 Å². The lowest BCUT2D eigenvalue weighted by atomic mass is 10.1. The Balaban J connectivity index is 2.63. The van der Waals surface area contributed by atoms with Crippen molar-refractivity contribution in [2.45, 2.75) is 0 Å². The van der Waals surface area contributed by atoms with Gasteiger partial charge in [0, 0.05) is 10.0 Å². The highest BCUT2D eigenvalue weighted by Crippen LogP contribution is 2.34. The molecule has 0 radical (unpaired) electrons. The number of benzene rings is 1. The number of nitrogens with two attached hydrogens (primary N) is 2. The monoisotopic (exact) mass is 299 g/mol. The normalized spacial score (nSPS) is 10.4. The molecule has 7 heteroatoms. The van der Waals surface area contributed by atoms with Crippen molar-refractivity contribution in [1.29, 1.82) is 0 Å². The Kier molecular flexibility index (Phi) is 2.93. The quantitative estimate of drug-likeness (QED) is 0.842. The lowest BCUT2D eigenvalue weighted by Gasteiger charge is -2.06. The lowest BCUT2D eigenvalue weighted by Crippen LogP contribution is -2.04. The topological polar surface area (TPSA) is 90.7 Å². The molecule has 1 aromatic carbocycles. The molecule has 0 fully saturated rings. The summed E-state index contributed by atoms with van der Waals surface area (Å²) in [7, 11) is 0. The molecule has 0 spiro atoms. The van der Waals surface area contributed by atoms with E-state index in [9.17, 15) is 0 Å². The molecule has 0 saturated carbocycles. The fourth-order valence-electron chi connectivity index (χ4n) is 1.23. The zero-order valence-corrected chi connectivity index (χ0v) is 10.3. The molecule has 0 bridgehead atoms. The molecule has 0 aliphatic carbocycles. The van der Waals surface area contributed by atoms with Crippen molar-refractivity contribution in [3.05, 3.63) is 27.7 Å². The van der Waals surface area contributed by atoms with Gasteiger partial charge in [0.15, 0.2) is 5.82 Å². The second kappa shape index (κ2) is 4.23. The van der Waals surface area contributed by atoms with Crippen LogP contribution in [0.1, 0.15) is 0 Å². The number of anilines is 2. The average Bonchev–Trinajstić information content (AvgIpc) is 2.23. The number of aromatic nitrogens is 3. The van der Waals surface area contributed by atoms with Gasteiger partial charge in [-0.15, -0.1) is 10.2 Å². The Morgan fingerprint density at radius 3 is 2.62 bits per heavy atom. The Labute approximate surface area is 105 Å². The van der Waals surface area contributed by atoms with E-state index in [0.717, 1.165) is 4.47 Å². The van der Waals surface area contributed by atoms with Crippen LogP contribution in [0.25, 0.3) is 11.3 Å². The van der Waals surface area contributed by atoms with Crippen LogP contribution in [0, 0.1) is 0 Å². The predicted octanol–water partition coefficient (Wildman–Crippen LogP) is 2.12. The summed E-state index contributed by atoms with van der Waals surface area (Å²) in [6, 6.07) is 5.42. The Morgan fingerprint density at radius 1 is 1.19 bits per heavy atom. The molecule has 0 aliphatic rings. The summed E-state index contributed by atoms with van der Waals surface area (Å²) in [5, 5.41) is 8.04. The van der Waals surface area contributed by atoms with Crippen molar-refractivity contribution in [2.75, 3.05) is 11.5 Å². The highest BCUT2D eigenvalue weighted by Gasteiger charge is 2.12. The summed E-state index contributed by atoms with van der Waals surface area (Å²) < 4.78 is 0.754. The summed E-state index contributed by atoms with van der Waals surface area (Å²) in [5.74, 6) is 0.236. The van der Waals surface area contributed by atoms with Crippen LogP contribution >= 0.6 is 27.5 Å². The molecule has 2 rings (SSSR count). The molecule has 0 amide bonds. The second-order valence-corrected chi connectivity index (χ2v) is 4.24. The molecule has 1 heterocycles. The number of halogens is 2. The highest BCUT2D eigenvalue weighted by molar-refractivity contribution is 9.10. The van der Waals surface area contributed by atoms with Crippen LogP contribution in [-0.2, 0) is 0 Å². The molecule has 0 saturated heterocycles. The van der Waals surface area contributed by atoms with Crippen LogP contribution < -0.4 is 11.5 Å². The van der Waals surface area contributed by atoms with Gasteiger partial charge >= 0.3 is 0 Å². The minimum atomic E-state index is 0.0346. The minimum absolute atomic E-state index is 0.0346. The third-order valence-corrected chi connectivity index (χ3v) is 3.23. The first-order valence-corrected chi connectivity index (χ1v) is 5.46. The van der Waals surface area contributed by atoms with Gasteiger partial charge in [0.2, 0.25) is 5.95 Å². The number of nitrogens with zero attached hydrogens (tertiary/aromatic N) is 3. The first kappa shape index (κ1) is 11.1. The van der Waals surface area contributed by atoms with Crippen molar-refractivity contribution in [2.24, 2.45) is 0 Å². The van der Waals surface area contributed by atoms with E-state index in [1.807, 2.05) is 12.1 Å². The molecule has 0 atom stereocenters. The molecule has 4 N–H and O–H groups in total. The smallest absolute Gasteiger partial charge is 0.242 e. The van der Waals surface area contributed by atoms with Crippen molar-refractivity contribution in [3.8, 4) is 11.3 Å². The van der Waals surface area contributed by atoms with Crippen LogP contribution in [-0.4, -0.2) is 15.2 Å². The van der Waals surface area contributed by atoms with Gasteiger partial charge in [0.1, 0.15) is 5.69 Å². The maximum absolute atomic E-state index is 6.11. The third-order valence-electron chi connectivity index (χ3n) is 1.94. The largest absolute Gasteiger partial charge is 0.382 e. The van der Waals surface area contributed by atoms with Gasteiger partial charge in [-0.05, 0) is 22.0 Å². The fourth-order valence-corrected chi connectivity index (χ4v) is 1.81. The summed E-state index contributed by atoms with van der Waals surface area (Å²) >= 11 is 9.43. The second-order valence-electron chi connectivity index (χ2n) is 3.01. The predicted molar refractivity (Wildman–Crippen MR) is 66.8 cm³/mol. The standard InChI is InChI=1S/C9H7BrClN5/c10-5-3-1-2-4(6(5)11)7-8(12)14-9(13)16-15-7/h1-3H,(H4,12,13,14,16). The summed E-state index contributed by atoms with van der Waals surface area (Å²) in [4.78, 5) is 3.83. The lowest BCUT2D eigenvalue weighted by molar-refractivity contribution is 0.999. The molecule has 1 aromatic heterocycles. The summed E-state index contributed by atoms with van der Waals surface area (Å²) in [6.07, 6.45) is 0. The molecular formula is C9H7BrClN5. The number of hydrogen-bond acceptors (Lipinski definition) is 5. The van der Waals surface area contributed by atoms with E-state index < -0.39 is 0 Å². The van der Waals surface area contributed by atoms with Gasteiger partial charge in [0.05, 0.1) is 5.02 Å². The maximum atomic E-state index is 6.11. The molecule has 82 valence electrons. The zero-order chi connectivity index (χ0) is 11.7. The van der Waals surface area contributed by atoms with Crippen LogP contribution in [0.5, 0.6) is 0 Å². The van der Waals surface area contributed by atoms with E-state index >= 15 is 0 Å². The van der Waals surface area contributed by atoms with Crippen LogP contribution in [0.3, 0.4) is 0 Å². The summed E-state index contributed by atoms with van der Waals surface area (Å²) in [6.45, 7) is 0. The highest BCUT2D eigenvalue weighted by atomic mass is 79.9. The van der Waals surface area contributed by atoms with Gasteiger partial charge in [0.25, 0.3) is 0 Å². The van der Waals surface area contributed by atoms with Gasteiger partial charge < -0.3 is 11.5 Å². The van der Waals surface area contributed by atoms with E-state index in [1.165, 1.54) is 0 Å². The Bertz CT molecular complexity index is 545. The Morgan fingerprint density at radius 2 is 1.94 bits per heavy atom. The van der Waals surface area contributed by atoms with Crippen LogP contribution in [0.2, 0.25) is 5.02 Å². The molecule has 0 unspecified atom stereocenters. The van der Waals surface area contributed by atoms with Crippen LogP contribution in [0.4, 0.5) is 11.8 Å².